The molecule has 0 unspecified atom stereocenters. The van der Waals surface area contributed by atoms with Gasteiger partial charge in [0.1, 0.15) is 0 Å². The molecule has 0 bridgehead atoms. The Morgan fingerprint density at radius 3 is 2.71 bits per heavy atom. The Morgan fingerprint density at radius 2 is 2.12 bits per heavy atom. The Morgan fingerprint density at radius 1 is 1.41 bits per heavy atom. The van der Waals surface area contributed by atoms with Crippen LogP contribution < -0.4 is 5.32 Å². The predicted octanol–water partition coefficient (Wildman–Crippen LogP) is 1.73. The van der Waals surface area contributed by atoms with Crippen molar-refractivity contribution in [2.24, 2.45) is 0 Å². The second-order valence-electron chi connectivity index (χ2n) is 3.51. The molecule has 1 N–H and O–H groups in total. The van der Waals surface area contributed by atoms with E-state index >= 15 is 0 Å². The summed E-state index contributed by atoms with van der Waals surface area (Å²) in [7, 11) is 3.07. The number of methoxy groups -OCH3 is 2. The zero-order valence-electron chi connectivity index (χ0n) is 9.90. The lowest BCUT2D eigenvalue weighted by Gasteiger charge is -2.14. The van der Waals surface area contributed by atoms with E-state index in [-0.39, 0.29) is 5.91 Å². The van der Waals surface area contributed by atoms with Crippen LogP contribution in [-0.2, 0) is 20.7 Å². The molecule has 0 aliphatic carbocycles. The van der Waals surface area contributed by atoms with Crippen LogP contribution in [0.25, 0.3) is 0 Å². The van der Waals surface area contributed by atoms with Gasteiger partial charge in [0.25, 0.3) is 0 Å². The molecule has 5 heteroatoms. The average Bonchev–Trinajstić information content (AvgIpc) is 2.30. The molecule has 0 saturated heterocycles. The maximum atomic E-state index is 11.6. The molecule has 94 valence electrons. The van der Waals surface area contributed by atoms with Gasteiger partial charge in [0.05, 0.1) is 13.0 Å². The standard InChI is InChI=1S/C12H16BrNO3/c1-16-12(17-2)8-14-11(15)7-9-4-3-5-10(13)6-9/h3-6,12H,7-8H2,1-2H3,(H,14,15). The second-order valence-corrected chi connectivity index (χ2v) is 4.43. The third-order valence-corrected chi connectivity index (χ3v) is 2.74. The van der Waals surface area contributed by atoms with Gasteiger partial charge in [-0.3, -0.25) is 4.79 Å². The highest BCUT2D eigenvalue weighted by molar-refractivity contribution is 9.10. The summed E-state index contributed by atoms with van der Waals surface area (Å²) in [5.74, 6) is -0.0535. The van der Waals surface area contributed by atoms with Gasteiger partial charge < -0.3 is 14.8 Å². The van der Waals surface area contributed by atoms with Crippen molar-refractivity contribution in [2.75, 3.05) is 20.8 Å². The zero-order chi connectivity index (χ0) is 12.7. The van der Waals surface area contributed by atoms with Crippen LogP contribution in [-0.4, -0.2) is 33.0 Å². The predicted molar refractivity (Wildman–Crippen MR) is 68.7 cm³/mol. The molecule has 17 heavy (non-hydrogen) atoms. The second kappa shape index (κ2) is 7.42. The fourth-order valence-electron chi connectivity index (χ4n) is 1.35. The summed E-state index contributed by atoms with van der Waals surface area (Å²) in [4.78, 5) is 11.6. The zero-order valence-corrected chi connectivity index (χ0v) is 11.5. The lowest BCUT2D eigenvalue weighted by atomic mass is 10.1. The smallest absolute Gasteiger partial charge is 0.224 e. The maximum absolute atomic E-state index is 11.6. The van der Waals surface area contributed by atoms with Crippen molar-refractivity contribution in [3.05, 3.63) is 34.3 Å². The molecule has 0 heterocycles. The first-order valence-corrected chi connectivity index (χ1v) is 6.01. The molecule has 1 amide bonds. The van der Waals surface area contributed by atoms with Gasteiger partial charge in [-0.2, -0.15) is 0 Å². The van der Waals surface area contributed by atoms with Crippen molar-refractivity contribution >= 4 is 21.8 Å². The van der Waals surface area contributed by atoms with Crippen LogP contribution in [0, 0.1) is 0 Å². The number of rotatable bonds is 6. The van der Waals surface area contributed by atoms with Gasteiger partial charge in [-0.25, -0.2) is 0 Å². The van der Waals surface area contributed by atoms with Crippen molar-refractivity contribution in [3.8, 4) is 0 Å². The molecule has 0 fully saturated rings. The Kier molecular flexibility index (Phi) is 6.18. The minimum Gasteiger partial charge on any atom is -0.354 e. The summed E-state index contributed by atoms with van der Waals surface area (Å²) in [6, 6.07) is 7.66. The topological polar surface area (TPSA) is 47.6 Å². The van der Waals surface area contributed by atoms with E-state index in [1.165, 1.54) is 14.2 Å². The molecule has 0 aliphatic heterocycles. The van der Waals surface area contributed by atoms with E-state index in [0.29, 0.717) is 13.0 Å². The highest BCUT2D eigenvalue weighted by Crippen LogP contribution is 2.11. The Bertz CT molecular complexity index is 367. The van der Waals surface area contributed by atoms with Gasteiger partial charge >= 0.3 is 0 Å². The van der Waals surface area contributed by atoms with Crippen LogP contribution in [0.2, 0.25) is 0 Å². The summed E-state index contributed by atoms with van der Waals surface area (Å²) in [5.41, 5.74) is 0.961. The van der Waals surface area contributed by atoms with Crippen LogP contribution in [0.15, 0.2) is 28.7 Å². The van der Waals surface area contributed by atoms with Gasteiger partial charge in [-0.05, 0) is 17.7 Å². The van der Waals surface area contributed by atoms with Crippen molar-refractivity contribution in [1.29, 1.82) is 0 Å². The number of carbonyl (C=O) groups excluding carboxylic acids is 1. The molecule has 1 aromatic rings. The number of hydrogen-bond donors (Lipinski definition) is 1. The lowest BCUT2D eigenvalue weighted by molar-refractivity contribution is -0.126. The number of carbonyl (C=O) groups is 1. The Balaban J connectivity index is 2.39. The molecule has 1 aromatic carbocycles. The largest absolute Gasteiger partial charge is 0.354 e. The Labute approximate surface area is 109 Å². The summed E-state index contributed by atoms with van der Waals surface area (Å²) in [5, 5.41) is 2.75. The van der Waals surface area contributed by atoms with E-state index in [0.717, 1.165) is 10.0 Å². The van der Waals surface area contributed by atoms with Crippen LogP contribution in [0.4, 0.5) is 0 Å². The monoisotopic (exact) mass is 301 g/mol. The highest BCUT2D eigenvalue weighted by atomic mass is 79.9. The third kappa shape index (κ3) is 5.30. The van der Waals surface area contributed by atoms with E-state index in [4.69, 9.17) is 9.47 Å². The van der Waals surface area contributed by atoms with Crippen LogP contribution >= 0.6 is 15.9 Å². The molecule has 1 rings (SSSR count). The normalized spacial score (nSPS) is 10.6. The molecule has 0 spiro atoms. The summed E-state index contributed by atoms with van der Waals surface area (Å²) in [6.07, 6.45) is -0.0546. The molecular formula is C12H16BrNO3. The number of hydrogen-bond acceptors (Lipinski definition) is 3. The van der Waals surface area contributed by atoms with Crippen LogP contribution in [0.1, 0.15) is 5.56 Å². The van der Waals surface area contributed by atoms with Crippen molar-refractivity contribution in [2.45, 2.75) is 12.7 Å². The van der Waals surface area contributed by atoms with E-state index in [1.54, 1.807) is 0 Å². The van der Waals surface area contributed by atoms with E-state index in [9.17, 15) is 4.79 Å². The molecule has 0 radical (unpaired) electrons. The van der Waals surface area contributed by atoms with Crippen LogP contribution in [0.3, 0.4) is 0 Å². The molecule has 0 aromatic heterocycles. The van der Waals surface area contributed by atoms with Gasteiger partial charge in [-0.1, -0.05) is 28.1 Å². The lowest BCUT2D eigenvalue weighted by Crippen LogP contribution is -2.34. The maximum Gasteiger partial charge on any atom is 0.224 e. The van der Waals surface area contributed by atoms with Crippen molar-refractivity contribution < 1.29 is 14.3 Å². The fraction of sp³-hybridized carbons (Fsp3) is 0.417. The average molecular weight is 302 g/mol. The third-order valence-electron chi connectivity index (χ3n) is 2.25. The first kappa shape index (κ1) is 14.2. The number of nitrogens with one attached hydrogen (secondary N) is 1. The molecule has 0 aliphatic rings. The first-order valence-electron chi connectivity index (χ1n) is 5.22. The van der Waals surface area contributed by atoms with E-state index in [2.05, 4.69) is 21.2 Å². The van der Waals surface area contributed by atoms with Gasteiger partial charge in [0.2, 0.25) is 5.91 Å². The molecular weight excluding hydrogens is 286 g/mol. The molecule has 0 saturated carbocycles. The first-order chi connectivity index (χ1) is 8.15. The van der Waals surface area contributed by atoms with Gasteiger partial charge in [0, 0.05) is 18.7 Å². The van der Waals surface area contributed by atoms with Crippen molar-refractivity contribution in [3.63, 3.8) is 0 Å². The number of amides is 1. The number of ether oxygens (including phenoxy) is 2. The fourth-order valence-corrected chi connectivity index (χ4v) is 1.80. The quantitative estimate of drug-likeness (QED) is 0.814. The van der Waals surface area contributed by atoms with Gasteiger partial charge in [-0.15, -0.1) is 0 Å². The number of halogens is 1. The summed E-state index contributed by atoms with van der Waals surface area (Å²) < 4.78 is 10.9. The van der Waals surface area contributed by atoms with Crippen LogP contribution in [0.5, 0.6) is 0 Å². The van der Waals surface area contributed by atoms with Gasteiger partial charge in [0.15, 0.2) is 6.29 Å². The number of benzene rings is 1. The minimum absolute atomic E-state index is 0.0535. The Hall–Kier alpha value is -0.910. The SMILES string of the molecule is COC(CNC(=O)Cc1cccc(Br)c1)OC. The van der Waals surface area contributed by atoms with E-state index < -0.39 is 6.29 Å². The highest BCUT2D eigenvalue weighted by Gasteiger charge is 2.08. The van der Waals surface area contributed by atoms with E-state index in [1.807, 2.05) is 24.3 Å². The van der Waals surface area contributed by atoms with Crippen molar-refractivity contribution in [1.82, 2.24) is 5.32 Å². The summed E-state index contributed by atoms with van der Waals surface area (Å²) in [6.45, 7) is 0.347. The minimum atomic E-state index is -0.401. The molecule has 4 nitrogen and oxygen atoms in total. The summed E-state index contributed by atoms with van der Waals surface area (Å²) >= 11 is 3.36. The molecule has 0 atom stereocenters.